The van der Waals surface area contributed by atoms with Crippen molar-refractivity contribution in [2.45, 2.75) is 40.2 Å². The lowest BCUT2D eigenvalue weighted by molar-refractivity contribution is -0.142. The highest BCUT2D eigenvalue weighted by atomic mass is 32.1. The number of carbonyl (C=O) groups excluding carboxylic acids is 2. The van der Waals surface area contributed by atoms with Gasteiger partial charge in [0.05, 0.1) is 24.2 Å². The molecule has 1 atom stereocenters. The molecule has 0 saturated heterocycles. The van der Waals surface area contributed by atoms with Crippen molar-refractivity contribution in [3.05, 3.63) is 56.8 Å². The number of rotatable bonds is 6. The molecule has 1 unspecified atom stereocenters. The topological polar surface area (TPSA) is 90.3 Å². The van der Waals surface area contributed by atoms with Crippen LogP contribution in [0.4, 0.5) is 5.13 Å². The zero-order chi connectivity index (χ0) is 21.1. The van der Waals surface area contributed by atoms with E-state index in [-0.39, 0.29) is 23.9 Å². The van der Waals surface area contributed by atoms with Gasteiger partial charge >= 0.3 is 5.97 Å². The van der Waals surface area contributed by atoms with Gasteiger partial charge in [-0.2, -0.15) is 0 Å². The van der Waals surface area contributed by atoms with E-state index >= 15 is 0 Å². The number of carbonyl (C=O) groups is 2. The number of anilines is 1. The maximum absolute atomic E-state index is 12.8. The Hall–Kier alpha value is -3.00. The molecule has 0 saturated carbocycles. The molecule has 3 aromatic rings. The first kappa shape index (κ1) is 20.7. The molecule has 1 N–H and O–H groups in total. The van der Waals surface area contributed by atoms with E-state index in [0.29, 0.717) is 17.4 Å². The Morgan fingerprint density at radius 1 is 1.28 bits per heavy atom. The quantitative estimate of drug-likeness (QED) is 0.626. The highest BCUT2D eigenvalue weighted by molar-refractivity contribution is 7.13. The molecule has 1 amide bonds. The molecule has 0 bridgehead atoms. The minimum atomic E-state index is -0.732. The van der Waals surface area contributed by atoms with E-state index in [2.05, 4.69) is 10.3 Å². The Morgan fingerprint density at radius 2 is 2.03 bits per heavy atom. The van der Waals surface area contributed by atoms with E-state index in [9.17, 15) is 14.4 Å². The lowest BCUT2D eigenvalue weighted by atomic mass is 10.1. The fourth-order valence-corrected chi connectivity index (χ4v) is 3.97. The molecule has 8 heteroatoms. The van der Waals surface area contributed by atoms with E-state index in [4.69, 9.17) is 4.74 Å². The summed E-state index contributed by atoms with van der Waals surface area (Å²) in [5, 5.41) is 5.77. The Kier molecular flexibility index (Phi) is 6.12. The van der Waals surface area contributed by atoms with Crippen molar-refractivity contribution in [3.8, 4) is 0 Å². The van der Waals surface area contributed by atoms with Crippen molar-refractivity contribution in [1.82, 2.24) is 9.55 Å². The molecule has 29 heavy (non-hydrogen) atoms. The number of fused-ring (bicyclic) bond motifs is 1. The number of benzene rings is 1. The van der Waals surface area contributed by atoms with Gasteiger partial charge in [0, 0.05) is 16.8 Å². The van der Waals surface area contributed by atoms with E-state index in [1.807, 2.05) is 32.0 Å². The minimum Gasteiger partial charge on any atom is -0.466 e. The molecule has 3 rings (SSSR count). The lowest BCUT2D eigenvalue weighted by Crippen LogP contribution is -2.32. The SMILES string of the molecule is CCOC(=O)Cc1csc(NC(=O)C(C)n2c(=O)cc(C)c3cccc(C)c32)n1. The van der Waals surface area contributed by atoms with E-state index in [0.717, 1.165) is 22.0 Å². The average molecular weight is 413 g/mol. The van der Waals surface area contributed by atoms with Crippen molar-refractivity contribution < 1.29 is 14.3 Å². The number of pyridine rings is 1. The largest absolute Gasteiger partial charge is 0.466 e. The fraction of sp³-hybridized carbons (Fsp3) is 0.333. The summed E-state index contributed by atoms with van der Waals surface area (Å²) in [6.07, 6.45) is 0.0526. The number of thiazole rings is 1. The molecule has 1 aromatic carbocycles. The Labute approximate surface area is 172 Å². The second-order valence-electron chi connectivity index (χ2n) is 6.80. The van der Waals surface area contributed by atoms with Crippen LogP contribution in [-0.4, -0.2) is 28.0 Å². The zero-order valence-electron chi connectivity index (χ0n) is 16.8. The van der Waals surface area contributed by atoms with Gasteiger partial charge in [0.25, 0.3) is 5.56 Å². The fourth-order valence-electron chi connectivity index (χ4n) is 3.26. The average Bonchev–Trinajstić information content (AvgIpc) is 3.09. The molecule has 0 fully saturated rings. The smallest absolute Gasteiger partial charge is 0.311 e. The van der Waals surface area contributed by atoms with Gasteiger partial charge in [0.15, 0.2) is 5.13 Å². The molecule has 0 aliphatic carbocycles. The Balaban J connectivity index is 1.86. The number of aryl methyl sites for hydroxylation is 2. The maximum atomic E-state index is 12.8. The monoisotopic (exact) mass is 413 g/mol. The molecular weight excluding hydrogens is 390 g/mol. The number of nitrogens with one attached hydrogen (secondary N) is 1. The van der Waals surface area contributed by atoms with Crippen LogP contribution < -0.4 is 10.9 Å². The van der Waals surface area contributed by atoms with E-state index in [1.165, 1.54) is 15.9 Å². The summed E-state index contributed by atoms with van der Waals surface area (Å²) >= 11 is 1.23. The molecule has 152 valence electrons. The predicted octanol–water partition coefficient (Wildman–Crippen LogP) is 3.38. The second-order valence-corrected chi connectivity index (χ2v) is 7.66. The summed E-state index contributed by atoms with van der Waals surface area (Å²) in [6, 6.07) is 6.62. The lowest BCUT2D eigenvalue weighted by Gasteiger charge is -2.19. The Morgan fingerprint density at radius 3 is 2.76 bits per heavy atom. The van der Waals surface area contributed by atoms with Crippen molar-refractivity contribution in [2.75, 3.05) is 11.9 Å². The maximum Gasteiger partial charge on any atom is 0.311 e. The van der Waals surface area contributed by atoms with Gasteiger partial charge < -0.3 is 10.1 Å². The van der Waals surface area contributed by atoms with Crippen LogP contribution in [0.2, 0.25) is 0 Å². The van der Waals surface area contributed by atoms with Crippen molar-refractivity contribution in [1.29, 1.82) is 0 Å². The summed E-state index contributed by atoms with van der Waals surface area (Å²) in [5.41, 5.74) is 2.86. The van der Waals surface area contributed by atoms with Gasteiger partial charge in [-0.1, -0.05) is 18.2 Å². The van der Waals surface area contributed by atoms with Gasteiger partial charge in [-0.3, -0.25) is 19.0 Å². The van der Waals surface area contributed by atoms with Crippen LogP contribution in [0.25, 0.3) is 10.9 Å². The van der Waals surface area contributed by atoms with Crippen molar-refractivity contribution in [3.63, 3.8) is 0 Å². The first-order valence-corrected chi connectivity index (χ1v) is 10.2. The summed E-state index contributed by atoms with van der Waals surface area (Å²) < 4.78 is 6.42. The third-order valence-corrected chi connectivity index (χ3v) is 5.47. The van der Waals surface area contributed by atoms with E-state index in [1.54, 1.807) is 25.3 Å². The second kappa shape index (κ2) is 8.57. The van der Waals surface area contributed by atoms with Gasteiger partial charge in [-0.25, -0.2) is 4.98 Å². The standard InChI is InChI=1S/C21H23N3O4S/c1-5-28-18(26)10-15-11-29-21(22-15)23-20(27)14(4)24-17(25)9-13(3)16-8-6-7-12(2)19(16)24/h6-9,11,14H,5,10H2,1-4H3,(H,22,23,27). The van der Waals surface area contributed by atoms with Gasteiger partial charge in [-0.15, -0.1) is 11.3 Å². The van der Waals surface area contributed by atoms with Crippen LogP contribution >= 0.6 is 11.3 Å². The van der Waals surface area contributed by atoms with Crippen LogP contribution in [0.3, 0.4) is 0 Å². The third-order valence-electron chi connectivity index (χ3n) is 4.66. The summed E-state index contributed by atoms with van der Waals surface area (Å²) in [4.78, 5) is 41.4. The molecule has 2 aromatic heterocycles. The molecule has 0 aliphatic rings. The Bertz CT molecular complexity index is 1130. The predicted molar refractivity (Wildman–Crippen MR) is 113 cm³/mol. The number of nitrogens with zero attached hydrogens (tertiary/aromatic N) is 2. The minimum absolute atomic E-state index is 0.0526. The van der Waals surface area contributed by atoms with E-state index < -0.39 is 6.04 Å². The summed E-state index contributed by atoms with van der Waals surface area (Å²) in [6.45, 7) is 7.54. The number of amides is 1. The normalized spacial score (nSPS) is 12.0. The number of hydrogen-bond donors (Lipinski definition) is 1. The highest BCUT2D eigenvalue weighted by Crippen LogP contribution is 2.24. The van der Waals surface area contributed by atoms with Crippen LogP contribution in [0.1, 0.15) is 36.7 Å². The number of aromatic nitrogens is 2. The van der Waals surface area contributed by atoms with Gasteiger partial charge in [0.1, 0.15) is 6.04 Å². The molecule has 0 spiro atoms. The summed E-state index contributed by atoms with van der Waals surface area (Å²) in [5.74, 6) is -0.713. The van der Waals surface area contributed by atoms with Crippen molar-refractivity contribution in [2.24, 2.45) is 0 Å². The number of para-hydroxylation sites is 1. The molecule has 2 heterocycles. The number of ether oxygens (including phenoxy) is 1. The van der Waals surface area contributed by atoms with Crippen LogP contribution in [-0.2, 0) is 20.7 Å². The first-order chi connectivity index (χ1) is 13.8. The van der Waals surface area contributed by atoms with Crippen molar-refractivity contribution >= 4 is 39.2 Å². The van der Waals surface area contributed by atoms with Crippen LogP contribution in [0.5, 0.6) is 0 Å². The molecule has 0 aliphatic heterocycles. The molecule has 0 radical (unpaired) electrons. The van der Waals surface area contributed by atoms with Gasteiger partial charge in [0.2, 0.25) is 5.91 Å². The summed E-state index contributed by atoms with van der Waals surface area (Å²) in [7, 11) is 0. The van der Waals surface area contributed by atoms with Crippen LogP contribution in [0.15, 0.2) is 34.4 Å². The highest BCUT2D eigenvalue weighted by Gasteiger charge is 2.21. The first-order valence-electron chi connectivity index (χ1n) is 9.34. The molecular formula is C21H23N3O4S. The van der Waals surface area contributed by atoms with Crippen LogP contribution in [0, 0.1) is 13.8 Å². The zero-order valence-corrected chi connectivity index (χ0v) is 17.6. The third kappa shape index (κ3) is 4.37. The van der Waals surface area contributed by atoms with Gasteiger partial charge in [-0.05, 0) is 38.8 Å². The number of esters is 1. The molecule has 7 nitrogen and oxygen atoms in total. The number of hydrogen-bond acceptors (Lipinski definition) is 6.